The third kappa shape index (κ3) is 4.84. The molecule has 0 aliphatic rings. The Morgan fingerprint density at radius 2 is 1.71 bits per heavy atom. The number of hydrogen-bond acceptors (Lipinski definition) is 4. The summed E-state index contributed by atoms with van der Waals surface area (Å²) in [4.78, 5) is 4.14. The van der Waals surface area contributed by atoms with Gasteiger partial charge in [-0.25, -0.2) is 13.4 Å². The maximum absolute atomic E-state index is 12.1. The van der Waals surface area contributed by atoms with E-state index >= 15 is 0 Å². The number of hydrogen-bond donors (Lipinski definition) is 2. The molecule has 2 aromatic rings. The summed E-state index contributed by atoms with van der Waals surface area (Å²) in [5, 5.41) is 3.05. The van der Waals surface area contributed by atoms with Crippen molar-refractivity contribution in [2.24, 2.45) is 0 Å². The van der Waals surface area contributed by atoms with Gasteiger partial charge in [-0.1, -0.05) is 30.3 Å². The predicted molar refractivity (Wildman–Crippen MR) is 84.4 cm³/mol. The van der Waals surface area contributed by atoms with Gasteiger partial charge < -0.3 is 5.32 Å². The SMILES string of the molecule is CNCc1ccc(CS(=O)(=O)Nc2cccc(C)n2)cc1. The summed E-state index contributed by atoms with van der Waals surface area (Å²) in [6.45, 7) is 2.58. The highest BCUT2D eigenvalue weighted by atomic mass is 32.2. The molecule has 0 fully saturated rings. The first kappa shape index (κ1) is 15.5. The van der Waals surface area contributed by atoms with Crippen LogP contribution in [-0.4, -0.2) is 20.4 Å². The van der Waals surface area contributed by atoms with Gasteiger partial charge >= 0.3 is 0 Å². The molecule has 0 spiro atoms. The molecule has 2 N–H and O–H groups in total. The van der Waals surface area contributed by atoms with Crippen LogP contribution in [-0.2, 0) is 22.3 Å². The molecule has 1 aromatic heterocycles. The van der Waals surface area contributed by atoms with E-state index < -0.39 is 10.0 Å². The van der Waals surface area contributed by atoms with E-state index in [2.05, 4.69) is 15.0 Å². The largest absolute Gasteiger partial charge is 0.316 e. The van der Waals surface area contributed by atoms with E-state index in [1.54, 1.807) is 12.1 Å². The standard InChI is InChI=1S/C15H19N3O2S/c1-12-4-3-5-15(17-12)18-21(19,20)11-14-8-6-13(7-9-14)10-16-2/h3-9,16H,10-11H2,1-2H3,(H,17,18). The van der Waals surface area contributed by atoms with E-state index in [1.165, 1.54) is 0 Å². The summed E-state index contributed by atoms with van der Waals surface area (Å²) in [7, 11) is -1.59. The molecular weight excluding hydrogens is 286 g/mol. The number of anilines is 1. The summed E-state index contributed by atoms with van der Waals surface area (Å²) in [5.41, 5.74) is 2.63. The molecule has 6 heteroatoms. The zero-order chi connectivity index (χ0) is 15.3. The fraction of sp³-hybridized carbons (Fsp3) is 0.267. The lowest BCUT2D eigenvalue weighted by atomic mass is 10.1. The second kappa shape index (κ2) is 6.69. The number of rotatable bonds is 6. The van der Waals surface area contributed by atoms with Gasteiger partial charge in [0.1, 0.15) is 5.82 Å². The molecule has 0 saturated carbocycles. The van der Waals surface area contributed by atoms with Crippen LogP contribution < -0.4 is 10.0 Å². The fourth-order valence-electron chi connectivity index (χ4n) is 1.97. The molecule has 0 amide bonds. The molecule has 5 nitrogen and oxygen atoms in total. The highest BCUT2D eigenvalue weighted by Crippen LogP contribution is 2.12. The van der Waals surface area contributed by atoms with Gasteiger partial charge in [0, 0.05) is 12.2 Å². The Kier molecular flexibility index (Phi) is 4.93. The van der Waals surface area contributed by atoms with Crippen molar-refractivity contribution in [2.75, 3.05) is 11.8 Å². The smallest absolute Gasteiger partial charge is 0.238 e. The molecule has 21 heavy (non-hydrogen) atoms. The average molecular weight is 305 g/mol. The van der Waals surface area contributed by atoms with Gasteiger partial charge in [-0.05, 0) is 37.2 Å². The third-order valence-electron chi connectivity index (χ3n) is 2.91. The number of benzene rings is 1. The second-order valence-corrected chi connectivity index (χ2v) is 6.59. The van der Waals surface area contributed by atoms with Gasteiger partial charge in [0.05, 0.1) is 5.75 Å². The van der Waals surface area contributed by atoms with Crippen LogP contribution in [0, 0.1) is 6.92 Å². The highest BCUT2D eigenvalue weighted by Gasteiger charge is 2.12. The van der Waals surface area contributed by atoms with Crippen molar-refractivity contribution in [1.29, 1.82) is 0 Å². The van der Waals surface area contributed by atoms with Crippen LogP contribution in [0.3, 0.4) is 0 Å². The molecule has 0 atom stereocenters. The van der Waals surface area contributed by atoms with Crippen LogP contribution in [0.5, 0.6) is 0 Å². The zero-order valence-corrected chi connectivity index (χ0v) is 12.9. The van der Waals surface area contributed by atoms with E-state index in [-0.39, 0.29) is 5.75 Å². The Balaban J connectivity index is 2.06. The third-order valence-corrected chi connectivity index (χ3v) is 4.14. The highest BCUT2D eigenvalue weighted by molar-refractivity contribution is 7.91. The van der Waals surface area contributed by atoms with Crippen LogP contribution in [0.4, 0.5) is 5.82 Å². The van der Waals surface area contributed by atoms with Crippen molar-refractivity contribution in [2.45, 2.75) is 19.2 Å². The van der Waals surface area contributed by atoms with Crippen molar-refractivity contribution in [3.63, 3.8) is 0 Å². The lowest BCUT2D eigenvalue weighted by Crippen LogP contribution is -2.16. The maximum atomic E-state index is 12.1. The summed E-state index contributed by atoms with van der Waals surface area (Å²) < 4.78 is 26.8. The molecule has 1 heterocycles. The molecule has 0 saturated heterocycles. The van der Waals surface area contributed by atoms with Crippen molar-refractivity contribution in [3.05, 3.63) is 59.3 Å². The number of aryl methyl sites for hydroxylation is 1. The maximum Gasteiger partial charge on any atom is 0.238 e. The van der Waals surface area contributed by atoms with E-state index in [0.29, 0.717) is 5.82 Å². The number of aromatic nitrogens is 1. The summed E-state index contributed by atoms with van der Waals surface area (Å²) in [5.74, 6) is 0.282. The topological polar surface area (TPSA) is 71.1 Å². The number of nitrogens with zero attached hydrogens (tertiary/aromatic N) is 1. The van der Waals surface area contributed by atoms with Gasteiger partial charge in [0.2, 0.25) is 10.0 Å². The summed E-state index contributed by atoms with van der Waals surface area (Å²) in [6.07, 6.45) is 0. The Bertz CT molecular complexity index is 697. The molecule has 0 aliphatic heterocycles. The first-order chi connectivity index (χ1) is 9.98. The normalized spacial score (nSPS) is 11.3. The lowest BCUT2D eigenvalue weighted by molar-refractivity contribution is 0.600. The van der Waals surface area contributed by atoms with Crippen LogP contribution >= 0.6 is 0 Å². The van der Waals surface area contributed by atoms with Crippen LogP contribution in [0.1, 0.15) is 16.8 Å². The molecule has 112 valence electrons. The molecule has 2 rings (SSSR count). The lowest BCUT2D eigenvalue weighted by Gasteiger charge is -2.08. The minimum atomic E-state index is -3.46. The first-order valence-corrected chi connectivity index (χ1v) is 8.30. The monoisotopic (exact) mass is 305 g/mol. The molecule has 0 unspecified atom stereocenters. The quantitative estimate of drug-likeness (QED) is 0.857. The molecular formula is C15H19N3O2S. The number of nitrogens with one attached hydrogen (secondary N) is 2. The van der Waals surface area contributed by atoms with Gasteiger partial charge in [-0.2, -0.15) is 0 Å². The van der Waals surface area contributed by atoms with E-state index in [4.69, 9.17) is 0 Å². The number of sulfonamides is 1. The first-order valence-electron chi connectivity index (χ1n) is 6.65. The van der Waals surface area contributed by atoms with Crippen molar-refractivity contribution >= 4 is 15.8 Å². The van der Waals surface area contributed by atoms with E-state index in [1.807, 2.05) is 44.3 Å². The Hall–Kier alpha value is -1.92. The fourth-order valence-corrected chi connectivity index (χ4v) is 3.11. The molecule has 0 radical (unpaired) electrons. The Morgan fingerprint density at radius 3 is 2.33 bits per heavy atom. The summed E-state index contributed by atoms with van der Waals surface area (Å²) in [6, 6.07) is 12.7. The van der Waals surface area contributed by atoms with Gasteiger partial charge in [-0.15, -0.1) is 0 Å². The Morgan fingerprint density at radius 1 is 1.05 bits per heavy atom. The minimum Gasteiger partial charge on any atom is -0.316 e. The van der Waals surface area contributed by atoms with Crippen LogP contribution in [0.2, 0.25) is 0 Å². The Labute approximate surface area is 125 Å². The minimum absolute atomic E-state index is 0.0670. The summed E-state index contributed by atoms with van der Waals surface area (Å²) >= 11 is 0. The predicted octanol–water partition coefficient (Wildman–Crippen LogP) is 2.05. The second-order valence-electron chi connectivity index (χ2n) is 4.87. The van der Waals surface area contributed by atoms with Gasteiger partial charge in [0.15, 0.2) is 0 Å². The van der Waals surface area contributed by atoms with Crippen molar-refractivity contribution < 1.29 is 8.42 Å². The van der Waals surface area contributed by atoms with Gasteiger partial charge in [-0.3, -0.25) is 4.72 Å². The molecule has 0 aliphatic carbocycles. The van der Waals surface area contributed by atoms with E-state index in [0.717, 1.165) is 23.4 Å². The van der Waals surface area contributed by atoms with Crippen molar-refractivity contribution in [1.82, 2.24) is 10.3 Å². The van der Waals surface area contributed by atoms with Gasteiger partial charge in [0.25, 0.3) is 0 Å². The number of pyridine rings is 1. The average Bonchev–Trinajstić information content (AvgIpc) is 2.40. The molecule has 1 aromatic carbocycles. The van der Waals surface area contributed by atoms with Crippen molar-refractivity contribution in [3.8, 4) is 0 Å². The molecule has 0 bridgehead atoms. The van der Waals surface area contributed by atoms with E-state index in [9.17, 15) is 8.42 Å². The van der Waals surface area contributed by atoms with Crippen LogP contribution in [0.25, 0.3) is 0 Å². The zero-order valence-electron chi connectivity index (χ0n) is 12.1. The van der Waals surface area contributed by atoms with Crippen LogP contribution in [0.15, 0.2) is 42.5 Å².